The average molecular weight is 337 g/mol. The van der Waals surface area contributed by atoms with E-state index in [1.54, 1.807) is 11.8 Å². The largest absolute Gasteiger partial charge is 0.496 e. The minimum Gasteiger partial charge on any atom is -0.496 e. The Bertz CT molecular complexity index is 642. The molecule has 0 bridgehead atoms. The van der Waals surface area contributed by atoms with Crippen molar-refractivity contribution in [1.82, 2.24) is 9.78 Å². The Morgan fingerprint density at radius 2 is 1.95 bits per heavy atom. The van der Waals surface area contributed by atoms with Crippen molar-refractivity contribution in [3.8, 4) is 17.0 Å². The SMILES string of the molecule is COc1ccccc1-c1nn(C(C)(C)C)c(Br)c1C=O. The lowest BCUT2D eigenvalue weighted by atomic mass is 10.1. The molecule has 2 rings (SSSR count). The number of hydrogen-bond donors (Lipinski definition) is 0. The number of methoxy groups -OCH3 is 1. The van der Waals surface area contributed by atoms with Crippen LogP contribution in [0.4, 0.5) is 0 Å². The highest BCUT2D eigenvalue weighted by Gasteiger charge is 2.25. The Morgan fingerprint density at radius 3 is 2.50 bits per heavy atom. The second kappa shape index (κ2) is 5.40. The van der Waals surface area contributed by atoms with E-state index >= 15 is 0 Å². The maximum absolute atomic E-state index is 11.4. The molecule has 0 amide bonds. The molecule has 0 atom stereocenters. The van der Waals surface area contributed by atoms with Crippen LogP contribution in [0.1, 0.15) is 31.1 Å². The summed E-state index contributed by atoms with van der Waals surface area (Å²) in [5, 5.41) is 4.59. The highest BCUT2D eigenvalue weighted by molar-refractivity contribution is 9.10. The van der Waals surface area contributed by atoms with Crippen molar-refractivity contribution >= 4 is 22.2 Å². The van der Waals surface area contributed by atoms with Gasteiger partial charge in [-0.2, -0.15) is 5.10 Å². The van der Waals surface area contributed by atoms with Crippen LogP contribution < -0.4 is 4.74 Å². The predicted molar refractivity (Wildman–Crippen MR) is 82.3 cm³/mol. The van der Waals surface area contributed by atoms with Gasteiger partial charge in [0.05, 0.1) is 18.2 Å². The summed E-state index contributed by atoms with van der Waals surface area (Å²) < 4.78 is 7.84. The fraction of sp³-hybridized carbons (Fsp3) is 0.333. The summed E-state index contributed by atoms with van der Waals surface area (Å²) in [5.41, 5.74) is 1.74. The lowest BCUT2D eigenvalue weighted by molar-refractivity contribution is 0.112. The number of benzene rings is 1. The summed E-state index contributed by atoms with van der Waals surface area (Å²) in [5.74, 6) is 0.696. The van der Waals surface area contributed by atoms with Gasteiger partial charge in [0, 0.05) is 5.56 Å². The third-order valence-corrected chi connectivity index (χ3v) is 3.74. The maximum atomic E-state index is 11.4. The Kier molecular flexibility index (Phi) is 3.99. The fourth-order valence-corrected chi connectivity index (χ4v) is 2.89. The fourth-order valence-electron chi connectivity index (χ4n) is 2.00. The summed E-state index contributed by atoms with van der Waals surface area (Å²) in [6.45, 7) is 6.10. The number of halogens is 1. The first-order valence-corrected chi connectivity index (χ1v) is 7.07. The van der Waals surface area contributed by atoms with Crippen LogP contribution in [-0.2, 0) is 5.54 Å². The Morgan fingerprint density at radius 1 is 1.30 bits per heavy atom. The molecule has 0 saturated heterocycles. The van der Waals surface area contributed by atoms with Crippen molar-refractivity contribution in [1.29, 1.82) is 0 Å². The van der Waals surface area contributed by atoms with Crippen molar-refractivity contribution < 1.29 is 9.53 Å². The van der Waals surface area contributed by atoms with Crippen molar-refractivity contribution in [2.24, 2.45) is 0 Å². The third kappa shape index (κ3) is 2.50. The molecule has 4 nitrogen and oxygen atoms in total. The number of hydrogen-bond acceptors (Lipinski definition) is 3. The zero-order chi connectivity index (χ0) is 14.9. The minimum atomic E-state index is -0.225. The number of aldehydes is 1. The van der Waals surface area contributed by atoms with Gasteiger partial charge in [-0.25, -0.2) is 0 Å². The van der Waals surface area contributed by atoms with Crippen LogP contribution in [0.15, 0.2) is 28.9 Å². The number of aromatic nitrogens is 2. The summed E-state index contributed by atoms with van der Waals surface area (Å²) in [6, 6.07) is 7.54. The monoisotopic (exact) mass is 336 g/mol. The van der Waals surface area contributed by atoms with E-state index in [2.05, 4.69) is 21.0 Å². The molecule has 0 N–H and O–H groups in total. The van der Waals surface area contributed by atoms with Crippen LogP contribution in [0.5, 0.6) is 5.75 Å². The van der Waals surface area contributed by atoms with Crippen LogP contribution in [0.25, 0.3) is 11.3 Å². The Labute approximate surface area is 126 Å². The molecule has 0 saturated carbocycles. The first-order chi connectivity index (χ1) is 9.40. The van der Waals surface area contributed by atoms with E-state index in [1.165, 1.54) is 0 Å². The lowest BCUT2D eigenvalue weighted by Gasteiger charge is -2.20. The molecule has 1 aromatic heterocycles. The molecule has 0 aliphatic carbocycles. The van der Waals surface area contributed by atoms with Crippen LogP contribution in [-0.4, -0.2) is 23.2 Å². The van der Waals surface area contributed by atoms with E-state index in [4.69, 9.17) is 4.74 Å². The van der Waals surface area contributed by atoms with Gasteiger partial charge >= 0.3 is 0 Å². The van der Waals surface area contributed by atoms with Crippen LogP contribution in [0.2, 0.25) is 0 Å². The quantitative estimate of drug-likeness (QED) is 0.798. The van der Waals surface area contributed by atoms with Crippen molar-refractivity contribution in [2.45, 2.75) is 26.3 Å². The summed E-state index contributed by atoms with van der Waals surface area (Å²) in [6.07, 6.45) is 0.821. The van der Waals surface area contributed by atoms with Gasteiger partial charge in [-0.15, -0.1) is 0 Å². The molecule has 20 heavy (non-hydrogen) atoms. The van der Waals surface area contributed by atoms with Crippen molar-refractivity contribution in [3.05, 3.63) is 34.4 Å². The van der Waals surface area contributed by atoms with E-state index in [0.717, 1.165) is 11.8 Å². The molecule has 5 heteroatoms. The number of para-hydroxylation sites is 1. The van der Waals surface area contributed by atoms with E-state index in [9.17, 15) is 4.79 Å². The van der Waals surface area contributed by atoms with E-state index in [-0.39, 0.29) is 5.54 Å². The van der Waals surface area contributed by atoms with Gasteiger partial charge in [0.15, 0.2) is 6.29 Å². The topological polar surface area (TPSA) is 44.1 Å². The second-order valence-corrected chi connectivity index (χ2v) is 6.20. The maximum Gasteiger partial charge on any atom is 0.155 e. The zero-order valence-electron chi connectivity index (χ0n) is 12.0. The first-order valence-electron chi connectivity index (χ1n) is 6.27. The first kappa shape index (κ1) is 14.8. The standard InChI is InChI=1S/C15H17BrN2O2/c1-15(2,3)18-14(16)11(9-19)13(17-18)10-7-5-6-8-12(10)20-4/h5-9H,1-4H3. The Hall–Kier alpha value is -1.62. The highest BCUT2D eigenvalue weighted by Crippen LogP contribution is 2.35. The van der Waals surface area contributed by atoms with Gasteiger partial charge in [0.2, 0.25) is 0 Å². The molecule has 0 unspecified atom stereocenters. The van der Waals surface area contributed by atoms with Crippen LogP contribution >= 0.6 is 15.9 Å². The number of nitrogens with zero attached hydrogens (tertiary/aromatic N) is 2. The van der Waals surface area contributed by atoms with Gasteiger partial charge in [-0.05, 0) is 48.8 Å². The molecular weight excluding hydrogens is 320 g/mol. The second-order valence-electron chi connectivity index (χ2n) is 5.45. The van der Waals surface area contributed by atoms with Gasteiger partial charge in [0.25, 0.3) is 0 Å². The van der Waals surface area contributed by atoms with Crippen LogP contribution in [0, 0.1) is 0 Å². The van der Waals surface area contributed by atoms with Gasteiger partial charge < -0.3 is 4.74 Å². The predicted octanol–water partition coefficient (Wildman–Crippen LogP) is 3.89. The smallest absolute Gasteiger partial charge is 0.155 e. The lowest BCUT2D eigenvalue weighted by Crippen LogP contribution is -2.23. The summed E-state index contributed by atoms with van der Waals surface area (Å²) >= 11 is 3.47. The van der Waals surface area contributed by atoms with Crippen molar-refractivity contribution in [2.75, 3.05) is 7.11 Å². The summed E-state index contributed by atoms with van der Waals surface area (Å²) in [7, 11) is 1.61. The number of ether oxygens (including phenoxy) is 1. The minimum absolute atomic E-state index is 0.225. The van der Waals surface area contributed by atoms with Gasteiger partial charge in [-0.1, -0.05) is 12.1 Å². The molecule has 0 aliphatic heterocycles. The summed E-state index contributed by atoms with van der Waals surface area (Å²) in [4.78, 5) is 11.4. The molecule has 1 heterocycles. The zero-order valence-corrected chi connectivity index (χ0v) is 13.6. The Balaban J connectivity index is 2.72. The van der Waals surface area contributed by atoms with E-state index < -0.39 is 0 Å². The molecule has 0 radical (unpaired) electrons. The molecule has 0 spiro atoms. The van der Waals surface area contributed by atoms with Crippen molar-refractivity contribution in [3.63, 3.8) is 0 Å². The number of rotatable bonds is 3. The van der Waals surface area contributed by atoms with E-state index in [1.807, 2.05) is 45.0 Å². The van der Waals surface area contributed by atoms with Crippen LogP contribution in [0.3, 0.4) is 0 Å². The molecular formula is C15H17BrN2O2. The molecule has 0 fully saturated rings. The highest BCUT2D eigenvalue weighted by atomic mass is 79.9. The average Bonchev–Trinajstić information content (AvgIpc) is 2.75. The van der Waals surface area contributed by atoms with Gasteiger partial charge in [-0.3, -0.25) is 9.48 Å². The van der Waals surface area contributed by atoms with Gasteiger partial charge in [0.1, 0.15) is 16.0 Å². The number of carbonyl (C=O) groups excluding carboxylic acids is 1. The van der Waals surface area contributed by atoms with E-state index in [0.29, 0.717) is 21.6 Å². The molecule has 0 aliphatic rings. The molecule has 2 aromatic rings. The molecule has 106 valence electrons. The third-order valence-electron chi connectivity index (χ3n) is 2.98. The normalized spacial score (nSPS) is 11.4. The number of carbonyl (C=O) groups is 1. The molecule has 1 aromatic carbocycles.